The maximum atomic E-state index is 13.1. The van der Waals surface area contributed by atoms with Crippen LogP contribution in [-0.2, 0) is 17.9 Å². The molecule has 5 nitrogen and oxygen atoms in total. The maximum Gasteiger partial charge on any atom is 0.239 e. The van der Waals surface area contributed by atoms with Gasteiger partial charge in [0.1, 0.15) is 11.5 Å². The lowest BCUT2D eigenvalue weighted by Crippen LogP contribution is -2.43. The van der Waals surface area contributed by atoms with Gasteiger partial charge >= 0.3 is 0 Å². The molecule has 0 spiro atoms. The highest BCUT2D eigenvalue weighted by molar-refractivity contribution is 5.82. The highest BCUT2D eigenvalue weighted by Gasteiger charge is 2.32. The summed E-state index contributed by atoms with van der Waals surface area (Å²) in [6.45, 7) is 2.31. The number of amides is 1. The number of hydrogen-bond acceptors (Lipinski definition) is 4. The summed E-state index contributed by atoms with van der Waals surface area (Å²) in [5, 5.41) is 0. The van der Waals surface area contributed by atoms with Crippen LogP contribution >= 0.6 is 0 Å². The topological polar surface area (TPSA) is 42.0 Å². The number of methoxy groups -OCH3 is 2. The third-order valence-corrected chi connectivity index (χ3v) is 5.08. The van der Waals surface area contributed by atoms with Gasteiger partial charge in [-0.05, 0) is 42.6 Å². The summed E-state index contributed by atoms with van der Waals surface area (Å²) in [5.74, 6) is 1.64. The molecule has 27 heavy (non-hydrogen) atoms. The van der Waals surface area contributed by atoms with Crippen molar-refractivity contribution in [2.75, 3.05) is 27.8 Å². The first-order valence-electron chi connectivity index (χ1n) is 9.35. The smallest absolute Gasteiger partial charge is 0.239 e. The molecule has 1 atom stereocenters. The van der Waals surface area contributed by atoms with Crippen LogP contribution in [0.5, 0.6) is 11.5 Å². The number of hydrogen-bond donors (Lipinski definition) is 0. The number of nitrogens with zero attached hydrogens (tertiary/aromatic N) is 2. The Morgan fingerprint density at radius 3 is 2.37 bits per heavy atom. The molecular weight excluding hydrogens is 340 g/mol. The van der Waals surface area contributed by atoms with Crippen molar-refractivity contribution in [3.8, 4) is 11.5 Å². The fraction of sp³-hybridized carbons (Fsp3) is 0.409. The monoisotopic (exact) mass is 368 g/mol. The van der Waals surface area contributed by atoms with Crippen LogP contribution in [-0.4, -0.2) is 49.6 Å². The van der Waals surface area contributed by atoms with E-state index in [-0.39, 0.29) is 11.9 Å². The van der Waals surface area contributed by atoms with Gasteiger partial charge in [-0.2, -0.15) is 0 Å². The zero-order valence-electron chi connectivity index (χ0n) is 16.4. The summed E-state index contributed by atoms with van der Waals surface area (Å²) in [6, 6.07) is 16.0. The van der Waals surface area contributed by atoms with Crippen molar-refractivity contribution in [1.82, 2.24) is 9.80 Å². The first-order valence-corrected chi connectivity index (χ1v) is 9.35. The number of likely N-dealkylation sites (N-methyl/N-ethyl adjacent to an activating group) is 1. The Balaban J connectivity index is 1.67. The van der Waals surface area contributed by atoms with Gasteiger partial charge in [-0.15, -0.1) is 0 Å². The molecule has 0 bridgehead atoms. The molecule has 0 aromatic heterocycles. The Morgan fingerprint density at radius 2 is 1.74 bits per heavy atom. The standard InChI is InChI=1S/C22H28N2O3/c1-23(15-18-12-19(26-2)14-20(13-18)27-3)22(25)21-10-7-11-24(21)16-17-8-5-4-6-9-17/h4-6,8-9,12-14,21H,7,10-11,15-16H2,1-3H3. The second-order valence-corrected chi connectivity index (χ2v) is 7.03. The number of rotatable bonds is 7. The molecule has 0 radical (unpaired) electrons. The van der Waals surface area contributed by atoms with Crippen molar-refractivity contribution in [3.05, 3.63) is 59.7 Å². The van der Waals surface area contributed by atoms with Gasteiger partial charge in [-0.3, -0.25) is 9.69 Å². The molecule has 3 rings (SSSR count). The summed E-state index contributed by atoms with van der Waals surface area (Å²) < 4.78 is 10.7. The highest BCUT2D eigenvalue weighted by Crippen LogP contribution is 2.25. The van der Waals surface area contributed by atoms with E-state index in [9.17, 15) is 4.79 Å². The van der Waals surface area contributed by atoms with Gasteiger partial charge in [0.05, 0.1) is 20.3 Å². The van der Waals surface area contributed by atoms with Gasteiger partial charge in [0.15, 0.2) is 0 Å². The SMILES string of the molecule is COc1cc(CN(C)C(=O)C2CCCN2Cc2ccccc2)cc(OC)c1. The van der Waals surface area contributed by atoms with E-state index in [1.54, 1.807) is 14.2 Å². The highest BCUT2D eigenvalue weighted by atomic mass is 16.5. The predicted octanol–water partition coefficient (Wildman–Crippen LogP) is 3.33. The van der Waals surface area contributed by atoms with Crippen LogP contribution in [0.15, 0.2) is 48.5 Å². The molecule has 2 aromatic carbocycles. The summed E-state index contributed by atoms with van der Waals surface area (Å²) in [4.78, 5) is 17.2. The van der Waals surface area contributed by atoms with Crippen molar-refractivity contribution < 1.29 is 14.3 Å². The van der Waals surface area contributed by atoms with Gasteiger partial charge < -0.3 is 14.4 Å². The van der Waals surface area contributed by atoms with E-state index in [0.29, 0.717) is 6.54 Å². The second kappa shape index (κ2) is 8.91. The lowest BCUT2D eigenvalue weighted by Gasteiger charge is -2.28. The molecule has 0 N–H and O–H groups in total. The van der Waals surface area contributed by atoms with Crippen molar-refractivity contribution >= 4 is 5.91 Å². The van der Waals surface area contributed by atoms with E-state index in [0.717, 1.165) is 43.0 Å². The number of carbonyl (C=O) groups excluding carboxylic acids is 1. The van der Waals surface area contributed by atoms with Crippen molar-refractivity contribution in [3.63, 3.8) is 0 Å². The minimum atomic E-state index is -0.0530. The summed E-state index contributed by atoms with van der Waals surface area (Å²) >= 11 is 0. The van der Waals surface area contributed by atoms with Crippen molar-refractivity contribution in [2.24, 2.45) is 0 Å². The normalized spacial score (nSPS) is 16.9. The molecule has 1 aliphatic rings. The number of benzene rings is 2. The van der Waals surface area contributed by atoms with Gasteiger partial charge in [-0.25, -0.2) is 0 Å². The fourth-order valence-electron chi connectivity index (χ4n) is 3.68. The Kier molecular flexibility index (Phi) is 6.35. The second-order valence-electron chi connectivity index (χ2n) is 7.03. The van der Waals surface area contributed by atoms with Gasteiger partial charge in [0, 0.05) is 26.2 Å². The maximum absolute atomic E-state index is 13.1. The molecule has 2 aromatic rings. The van der Waals surface area contributed by atoms with Crippen LogP contribution in [0.4, 0.5) is 0 Å². The van der Waals surface area contributed by atoms with Crippen LogP contribution < -0.4 is 9.47 Å². The minimum Gasteiger partial charge on any atom is -0.497 e. The molecule has 144 valence electrons. The van der Waals surface area contributed by atoms with E-state index in [4.69, 9.17) is 9.47 Å². The third-order valence-electron chi connectivity index (χ3n) is 5.08. The fourth-order valence-corrected chi connectivity index (χ4v) is 3.68. The van der Waals surface area contributed by atoms with Crippen molar-refractivity contribution in [2.45, 2.75) is 32.0 Å². The molecule has 0 aliphatic carbocycles. The summed E-state index contributed by atoms with van der Waals surface area (Å²) in [7, 11) is 5.13. The molecule has 5 heteroatoms. The van der Waals surface area contributed by atoms with Crippen LogP contribution in [0.2, 0.25) is 0 Å². The molecule has 1 amide bonds. The van der Waals surface area contributed by atoms with Gasteiger partial charge in [0.25, 0.3) is 0 Å². The van der Waals surface area contributed by atoms with Crippen LogP contribution in [0.25, 0.3) is 0 Å². The third kappa shape index (κ3) is 4.80. The first kappa shape index (κ1) is 19.2. The summed E-state index contributed by atoms with van der Waals surface area (Å²) in [5.41, 5.74) is 2.24. The van der Waals surface area contributed by atoms with Crippen LogP contribution in [0, 0.1) is 0 Å². The number of likely N-dealkylation sites (tertiary alicyclic amines) is 1. The van der Waals surface area contributed by atoms with E-state index < -0.39 is 0 Å². The van der Waals surface area contributed by atoms with E-state index in [2.05, 4.69) is 17.0 Å². The Labute approximate surface area is 161 Å². The average molecular weight is 368 g/mol. The molecule has 1 unspecified atom stereocenters. The quantitative estimate of drug-likeness (QED) is 0.752. The largest absolute Gasteiger partial charge is 0.497 e. The average Bonchev–Trinajstić information content (AvgIpc) is 3.15. The molecule has 1 fully saturated rings. The lowest BCUT2D eigenvalue weighted by molar-refractivity contribution is -0.135. The van der Waals surface area contributed by atoms with Gasteiger partial charge in [-0.1, -0.05) is 30.3 Å². The van der Waals surface area contributed by atoms with E-state index >= 15 is 0 Å². The number of ether oxygens (including phenoxy) is 2. The lowest BCUT2D eigenvalue weighted by atomic mass is 10.1. The molecule has 1 saturated heterocycles. The molecule has 0 saturated carbocycles. The molecule has 1 aliphatic heterocycles. The van der Waals surface area contributed by atoms with E-state index in [1.807, 2.05) is 48.3 Å². The zero-order valence-corrected chi connectivity index (χ0v) is 16.4. The molecule has 1 heterocycles. The van der Waals surface area contributed by atoms with Gasteiger partial charge in [0.2, 0.25) is 5.91 Å². The zero-order chi connectivity index (χ0) is 19.2. The summed E-state index contributed by atoms with van der Waals surface area (Å²) in [6.07, 6.45) is 1.97. The first-order chi connectivity index (χ1) is 13.1. The molecular formula is C22H28N2O3. The number of carbonyl (C=O) groups is 1. The van der Waals surface area contributed by atoms with E-state index in [1.165, 1.54) is 5.56 Å². The Morgan fingerprint density at radius 1 is 1.07 bits per heavy atom. The Bertz CT molecular complexity index is 741. The van der Waals surface area contributed by atoms with Crippen LogP contribution in [0.3, 0.4) is 0 Å². The predicted molar refractivity (Wildman–Crippen MR) is 106 cm³/mol. The Hall–Kier alpha value is -2.53. The minimum absolute atomic E-state index is 0.0530. The van der Waals surface area contributed by atoms with Crippen LogP contribution in [0.1, 0.15) is 24.0 Å². The van der Waals surface area contributed by atoms with Crippen molar-refractivity contribution in [1.29, 1.82) is 0 Å².